The van der Waals surface area contributed by atoms with E-state index in [9.17, 15) is 4.79 Å². The van der Waals surface area contributed by atoms with E-state index >= 15 is 0 Å². The van der Waals surface area contributed by atoms with E-state index < -0.39 is 0 Å². The first-order valence-corrected chi connectivity index (χ1v) is 7.30. The lowest BCUT2D eigenvalue weighted by atomic mass is 10.1. The molecule has 2 aromatic heterocycles. The number of methoxy groups -OCH3 is 2. The van der Waals surface area contributed by atoms with Crippen LogP contribution in [0.2, 0.25) is 0 Å². The van der Waals surface area contributed by atoms with Gasteiger partial charge < -0.3 is 14.0 Å². The predicted octanol–water partition coefficient (Wildman–Crippen LogP) is 2.77. The van der Waals surface area contributed by atoms with E-state index in [1.165, 1.54) is 0 Å². The van der Waals surface area contributed by atoms with Crippen molar-refractivity contribution in [3.8, 4) is 11.5 Å². The lowest BCUT2D eigenvalue weighted by Crippen LogP contribution is -2.11. The fourth-order valence-electron chi connectivity index (χ4n) is 2.57. The van der Waals surface area contributed by atoms with Crippen molar-refractivity contribution in [3.05, 3.63) is 64.1 Å². The molecule has 23 heavy (non-hydrogen) atoms. The molecule has 0 atom stereocenters. The number of hydrogen-bond donors (Lipinski definition) is 0. The molecule has 0 unspecified atom stereocenters. The fourth-order valence-corrected chi connectivity index (χ4v) is 2.57. The SMILES string of the molecule is COc1ccc(Cn2ccc(=O)c3ccc(C)nc32)c(OC)c1. The van der Waals surface area contributed by atoms with Crippen molar-refractivity contribution in [3.63, 3.8) is 0 Å². The molecule has 0 aliphatic carbocycles. The number of pyridine rings is 2. The third-order valence-corrected chi connectivity index (χ3v) is 3.79. The lowest BCUT2D eigenvalue weighted by Gasteiger charge is -2.14. The third-order valence-electron chi connectivity index (χ3n) is 3.79. The molecule has 2 heterocycles. The molecule has 118 valence electrons. The van der Waals surface area contributed by atoms with Gasteiger partial charge in [-0.25, -0.2) is 4.98 Å². The van der Waals surface area contributed by atoms with Crippen LogP contribution in [0.4, 0.5) is 0 Å². The molecule has 3 aromatic rings. The number of benzene rings is 1. The summed E-state index contributed by atoms with van der Waals surface area (Å²) in [6.45, 7) is 2.47. The summed E-state index contributed by atoms with van der Waals surface area (Å²) < 4.78 is 12.6. The van der Waals surface area contributed by atoms with Crippen LogP contribution in [0.15, 0.2) is 47.4 Å². The molecule has 5 nitrogen and oxygen atoms in total. The van der Waals surface area contributed by atoms with Gasteiger partial charge in [0.1, 0.15) is 17.1 Å². The minimum Gasteiger partial charge on any atom is -0.497 e. The van der Waals surface area contributed by atoms with Crippen LogP contribution < -0.4 is 14.9 Å². The van der Waals surface area contributed by atoms with E-state index in [4.69, 9.17) is 9.47 Å². The topological polar surface area (TPSA) is 53.4 Å². The summed E-state index contributed by atoms with van der Waals surface area (Å²) in [4.78, 5) is 16.5. The number of fused-ring (bicyclic) bond motifs is 1. The molecule has 5 heteroatoms. The number of rotatable bonds is 4. The second-order valence-electron chi connectivity index (χ2n) is 5.31. The Balaban J connectivity index is 2.10. The molecule has 0 spiro atoms. The van der Waals surface area contributed by atoms with Crippen LogP contribution >= 0.6 is 0 Å². The van der Waals surface area contributed by atoms with Gasteiger partial charge in [-0.3, -0.25) is 4.79 Å². The quantitative estimate of drug-likeness (QED) is 0.743. The zero-order chi connectivity index (χ0) is 16.4. The van der Waals surface area contributed by atoms with Gasteiger partial charge in [0.05, 0.1) is 26.2 Å². The first-order valence-electron chi connectivity index (χ1n) is 7.30. The highest BCUT2D eigenvalue weighted by molar-refractivity contribution is 5.75. The monoisotopic (exact) mass is 310 g/mol. The Kier molecular flexibility index (Phi) is 4.02. The van der Waals surface area contributed by atoms with Crippen molar-refractivity contribution in [1.82, 2.24) is 9.55 Å². The first-order chi connectivity index (χ1) is 11.1. The molecule has 3 rings (SSSR count). The van der Waals surface area contributed by atoms with Crippen molar-refractivity contribution >= 4 is 11.0 Å². The molecule has 0 aliphatic heterocycles. The minimum absolute atomic E-state index is 0.0227. The highest BCUT2D eigenvalue weighted by Gasteiger charge is 2.09. The molecule has 0 N–H and O–H groups in total. The summed E-state index contributed by atoms with van der Waals surface area (Å²) >= 11 is 0. The van der Waals surface area contributed by atoms with Crippen LogP contribution in [0.3, 0.4) is 0 Å². The molecule has 1 aromatic carbocycles. The van der Waals surface area contributed by atoms with Crippen molar-refractivity contribution < 1.29 is 9.47 Å². The molecule has 0 saturated heterocycles. The fraction of sp³-hybridized carbons (Fsp3) is 0.222. The number of aromatic nitrogens is 2. The van der Waals surface area contributed by atoms with Gasteiger partial charge in [-0.05, 0) is 31.2 Å². The van der Waals surface area contributed by atoms with Crippen molar-refractivity contribution in [2.75, 3.05) is 14.2 Å². The second-order valence-corrected chi connectivity index (χ2v) is 5.31. The van der Waals surface area contributed by atoms with E-state index in [2.05, 4.69) is 4.98 Å². The van der Waals surface area contributed by atoms with Crippen LogP contribution in [-0.4, -0.2) is 23.8 Å². The number of nitrogens with zero attached hydrogens (tertiary/aromatic N) is 2. The van der Waals surface area contributed by atoms with Gasteiger partial charge in [0.15, 0.2) is 5.43 Å². The zero-order valence-corrected chi connectivity index (χ0v) is 13.4. The van der Waals surface area contributed by atoms with Crippen LogP contribution in [0.25, 0.3) is 11.0 Å². The summed E-state index contributed by atoms with van der Waals surface area (Å²) in [7, 11) is 3.25. The van der Waals surface area contributed by atoms with Crippen LogP contribution in [0.5, 0.6) is 11.5 Å². The Morgan fingerprint density at radius 3 is 2.65 bits per heavy atom. The summed E-state index contributed by atoms with van der Waals surface area (Å²) in [6, 6.07) is 10.9. The average molecular weight is 310 g/mol. The minimum atomic E-state index is -0.0227. The van der Waals surface area contributed by atoms with Gasteiger partial charge >= 0.3 is 0 Å². The van der Waals surface area contributed by atoms with E-state index in [-0.39, 0.29) is 5.43 Å². The summed E-state index contributed by atoms with van der Waals surface area (Å²) in [5.74, 6) is 1.48. The molecular weight excluding hydrogens is 292 g/mol. The Bertz CT molecular complexity index is 916. The normalized spacial score (nSPS) is 10.7. The second kappa shape index (κ2) is 6.12. The highest BCUT2D eigenvalue weighted by atomic mass is 16.5. The molecular formula is C18H18N2O3. The lowest BCUT2D eigenvalue weighted by molar-refractivity contribution is 0.390. The van der Waals surface area contributed by atoms with Gasteiger partial charge in [-0.15, -0.1) is 0 Å². The Morgan fingerprint density at radius 1 is 1.09 bits per heavy atom. The molecule has 0 radical (unpaired) electrons. The Hall–Kier alpha value is -2.82. The number of hydrogen-bond acceptors (Lipinski definition) is 4. The van der Waals surface area contributed by atoms with Gasteiger partial charge in [-0.1, -0.05) is 0 Å². The van der Waals surface area contributed by atoms with Gasteiger partial charge in [0.2, 0.25) is 0 Å². The average Bonchev–Trinajstić information content (AvgIpc) is 2.57. The predicted molar refractivity (Wildman–Crippen MR) is 89.4 cm³/mol. The summed E-state index contributed by atoms with van der Waals surface area (Å²) in [5.41, 5.74) is 2.51. The number of ether oxygens (including phenoxy) is 2. The largest absolute Gasteiger partial charge is 0.497 e. The van der Waals surface area contributed by atoms with E-state index in [1.54, 1.807) is 26.5 Å². The zero-order valence-electron chi connectivity index (χ0n) is 13.4. The summed E-state index contributed by atoms with van der Waals surface area (Å²) in [6.07, 6.45) is 1.76. The molecule has 0 fully saturated rings. The van der Waals surface area contributed by atoms with E-state index in [0.717, 1.165) is 22.8 Å². The first kappa shape index (κ1) is 15.1. The third kappa shape index (κ3) is 2.90. The molecule has 0 amide bonds. The van der Waals surface area contributed by atoms with Crippen molar-refractivity contribution in [2.24, 2.45) is 0 Å². The van der Waals surface area contributed by atoms with Crippen LogP contribution in [0, 0.1) is 6.92 Å². The Labute approximate surface area is 134 Å². The van der Waals surface area contributed by atoms with E-state index in [0.29, 0.717) is 17.6 Å². The maximum absolute atomic E-state index is 12.0. The van der Waals surface area contributed by atoms with Crippen molar-refractivity contribution in [2.45, 2.75) is 13.5 Å². The Morgan fingerprint density at radius 2 is 1.91 bits per heavy atom. The van der Waals surface area contributed by atoms with Gasteiger partial charge in [0, 0.05) is 29.6 Å². The maximum atomic E-state index is 12.0. The van der Waals surface area contributed by atoms with Crippen LogP contribution in [0.1, 0.15) is 11.3 Å². The molecule has 0 bridgehead atoms. The van der Waals surface area contributed by atoms with Crippen LogP contribution in [-0.2, 0) is 6.54 Å². The van der Waals surface area contributed by atoms with E-state index in [1.807, 2.05) is 41.8 Å². The van der Waals surface area contributed by atoms with Gasteiger partial charge in [0.25, 0.3) is 0 Å². The molecule has 0 aliphatic rings. The summed E-state index contributed by atoms with van der Waals surface area (Å²) in [5, 5.41) is 0.616. The van der Waals surface area contributed by atoms with Gasteiger partial charge in [-0.2, -0.15) is 0 Å². The van der Waals surface area contributed by atoms with Crippen molar-refractivity contribution in [1.29, 1.82) is 0 Å². The maximum Gasteiger partial charge on any atom is 0.191 e. The standard InChI is InChI=1S/C18H18N2O3/c1-12-4-7-15-16(21)8-9-20(18(15)19-12)11-13-5-6-14(22-2)10-17(13)23-3/h4-10H,11H2,1-3H3. The number of aryl methyl sites for hydroxylation is 1. The molecule has 0 saturated carbocycles. The smallest absolute Gasteiger partial charge is 0.191 e. The highest BCUT2D eigenvalue weighted by Crippen LogP contribution is 2.25.